The van der Waals surface area contributed by atoms with Crippen molar-refractivity contribution < 1.29 is 37.0 Å². The van der Waals surface area contributed by atoms with Crippen molar-refractivity contribution in [1.82, 2.24) is 15.2 Å². The van der Waals surface area contributed by atoms with Gasteiger partial charge < -0.3 is 34.6 Å². The minimum Gasteiger partial charge on any atom is -0.489 e. The van der Waals surface area contributed by atoms with Gasteiger partial charge in [0.05, 0.1) is 25.8 Å². The van der Waals surface area contributed by atoms with Crippen LogP contribution < -0.4 is 20.5 Å². The second-order valence-electron chi connectivity index (χ2n) is 9.34. The highest BCUT2D eigenvalue weighted by Gasteiger charge is 2.30. The third kappa shape index (κ3) is 7.25. The number of nitrogens with zero attached hydrogens (tertiary/aromatic N) is 2. The van der Waals surface area contributed by atoms with Gasteiger partial charge in [0.1, 0.15) is 0 Å². The lowest BCUT2D eigenvalue weighted by molar-refractivity contribution is -0.0515. The molecular formula is C25H33ClF2N4O6. The van der Waals surface area contributed by atoms with Crippen LogP contribution in [0.25, 0.3) is 11.5 Å². The zero-order valence-electron chi connectivity index (χ0n) is 21.3. The lowest BCUT2D eigenvalue weighted by Crippen LogP contribution is -2.49. The van der Waals surface area contributed by atoms with Crippen molar-refractivity contribution in [2.75, 3.05) is 26.8 Å². The van der Waals surface area contributed by atoms with Crippen LogP contribution in [0.3, 0.4) is 0 Å². The summed E-state index contributed by atoms with van der Waals surface area (Å²) in [6, 6.07) is 3.49. The lowest BCUT2D eigenvalue weighted by atomic mass is 10.0. The molecule has 0 bridgehead atoms. The molecule has 2 atom stereocenters. The van der Waals surface area contributed by atoms with Crippen LogP contribution in [0.15, 0.2) is 22.6 Å². The van der Waals surface area contributed by atoms with Crippen molar-refractivity contribution in [2.24, 2.45) is 11.7 Å². The van der Waals surface area contributed by atoms with Gasteiger partial charge in [0.25, 0.3) is 5.91 Å². The van der Waals surface area contributed by atoms with E-state index in [0.717, 1.165) is 32.1 Å². The van der Waals surface area contributed by atoms with E-state index >= 15 is 0 Å². The number of amides is 2. The number of carbonyl (C=O) groups excluding carboxylic acids is 2. The van der Waals surface area contributed by atoms with Crippen LogP contribution in [0.1, 0.15) is 61.3 Å². The molecule has 2 heterocycles. The third-order valence-corrected chi connectivity index (χ3v) is 6.39. The van der Waals surface area contributed by atoms with E-state index in [9.17, 15) is 18.4 Å². The van der Waals surface area contributed by atoms with E-state index in [2.05, 4.69) is 15.0 Å². The molecule has 1 saturated heterocycles. The molecule has 38 heavy (non-hydrogen) atoms. The highest BCUT2D eigenvalue weighted by molar-refractivity contribution is 5.94. The third-order valence-electron chi connectivity index (χ3n) is 6.39. The molecule has 2 aliphatic rings. The molecule has 1 aromatic carbocycles. The van der Waals surface area contributed by atoms with Gasteiger partial charge in [0, 0.05) is 18.7 Å². The van der Waals surface area contributed by atoms with E-state index < -0.39 is 24.7 Å². The average molecular weight is 559 g/mol. The Morgan fingerprint density at radius 2 is 2.00 bits per heavy atom. The molecule has 1 aromatic heterocycles. The van der Waals surface area contributed by atoms with Crippen LogP contribution in [0, 0.1) is 5.92 Å². The van der Waals surface area contributed by atoms with Crippen molar-refractivity contribution in [1.29, 1.82) is 0 Å². The Morgan fingerprint density at radius 3 is 2.66 bits per heavy atom. The summed E-state index contributed by atoms with van der Waals surface area (Å²) in [5, 5.41) is 2.83. The summed E-state index contributed by atoms with van der Waals surface area (Å²) < 4.78 is 46.7. The predicted octanol–water partition coefficient (Wildman–Crippen LogP) is 4.52. The van der Waals surface area contributed by atoms with Gasteiger partial charge in [-0.3, -0.25) is 4.79 Å². The summed E-state index contributed by atoms with van der Waals surface area (Å²) in [7, 11) is 1.33. The number of nitrogens with two attached hydrogens (primary N) is 1. The van der Waals surface area contributed by atoms with Crippen LogP contribution in [0.5, 0.6) is 11.5 Å². The minimum atomic E-state index is -3.00. The lowest BCUT2D eigenvalue weighted by Gasteiger charge is -2.34. The van der Waals surface area contributed by atoms with Crippen LogP contribution in [-0.4, -0.2) is 61.3 Å². The number of methoxy groups -OCH3 is 1. The summed E-state index contributed by atoms with van der Waals surface area (Å²) in [6.07, 6.45) is 4.16. The second-order valence-corrected chi connectivity index (χ2v) is 9.34. The zero-order valence-corrected chi connectivity index (χ0v) is 22.1. The number of piperidine rings is 1. The summed E-state index contributed by atoms with van der Waals surface area (Å²) in [5.41, 5.74) is 6.48. The van der Waals surface area contributed by atoms with Crippen molar-refractivity contribution in [2.45, 2.75) is 57.7 Å². The highest BCUT2D eigenvalue weighted by atomic mass is 35.5. The molecule has 1 unspecified atom stereocenters. The normalized spacial score (nSPS) is 17.9. The Bertz CT molecular complexity index is 1110. The van der Waals surface area contributed by atoms with Crippen LogP contribution in [-0.2, 0) is 4.74 Å². The molecule has 1 aliphatic heterocycles. The zero-order chi connectivity index (χ0) is 26.5. The van der Waals surface area contributed by atoms with Gasteiger partial charge in [0.15, 0.2) is 23.0 Å². The number of ether oxygens (including phenoxy) is 3. The first kappa shape index (κ1) is 29.4. The molecule has 13 heteroatoms. The maximum Gasteiger partial charge on any atom is 0.409 e. The number of likely N-dealkylation sites (tertiary alicyclic amines) is 1. The quantitative estimate of drug-likeness (QED) is 0.435. The molecule has 2 fully saturated rings. The maximum atomic E-state index is 13.1. The molecule has 1 aliphatic carbocycles. The van der Waals surface area contributed by atoms with Crippen molar-refractivity contribution in [3.63, 3.8) is 0 Å². The number of benzene rings is 1. The van der Waals surface area contributed by atoms with Gasteiger partial charge in [-0.1, -0.05) is 0 Å². The monoisotopic (exact) mass is 558 g/mol. The molecular weight excluding hydrogens is 526 g/mol. The Labute approximate surface area is 225 Å². The molecule has 3 N–H and O–H groups in total. The van der Waals surface area contributed by atoms with Gasteiger partial charge >= 0.3 is 12.7 Å². The molecule has 1 saturated carbocycles. The highest BCUT2D eigenvalue weighted by Crippen LogP contribution is 2.37. The van der Waals surface area contributed by atoms with E-state index in [0.29, 0.717) is 24.6 Å². The largest absolute Gasteiger partial charge is 0.489 e. The summed E-state index contributed by atoms with van der Waals surface area (Å²) >= 11 is 0. The number of alkyl halides is 2. The van der Waals surface area contributed by atoms with Crippen LogP contribution >= 0.6 is 12.4 Å². The van der Waals surface area contributed by atoms with E-state index in [4.69, 9.17) is 19.6 Å². The minimum absolute atomic E-state index is 0. The molecule has 0 radical (unpaired) electrons. The number of hydrogen-bond donors (Lipinski definition) is 2. The van der Waals surface area contributed by atoms with E-state index in [-0.39, 0.29) is 53.8 Å². The van der Waals surface area contributed by atoms with E-state index in [1.165, 1.54) is 25.3 Å². The van der Waals surface area contributed by atoms with E-state index in [1.54, 1.807) is 11.8 Å². The Balaban J connectivity index is 0.00000400. The molecule has 4 rings (SSSR count). The Kier molecular flexibility index (Phi) is 10.1. The van der Waals surface area contributed by atoms with Gasteiger partial charge in [0.2, 0.25) is 5.89 Å². The average Bonchev–Trinajstić information content (AvgIpc) is 3.60. The SMILES string of the molecule is COC(=O)N1CCCCC1CNC(=O)c1nc(-c2ccc(OC(F)F)c(OCC3CC3)c2)oc1[C@H](C)N.Cl. The number of halogens is 3. The van der Waals surface area contributed by atoms with Crippen molar-refractivity contribution >= 4 is 24.4 Å². The summed E-state index contributed by atoms with van der Waals surface area (Å²) in [4.78, 5) is 31.1. The summed E-state index contributed by atoms with van der Waals surface area (Å²) in [5.74, 6) is 0.195. The van der Waals surface area contributed by atoms with Gasteiger partial charge in [-0.2, -0.15) is 8.78 Å². The Hall–Kier alpha value is -3.12. The predicted molar refractivity (Wildman–Crippen MR) is 136 cm³/mol. The standard InChI is InChI=1S/C25H32F2N4O6.ClH/c1-14(28)21-20(22(32)29-12-17-5-3-4-10-31(17)25(33)34-2)30-23(37-21)16-8-9-18(36-24(26)27)19(11-16)35-13-15-6-7-15;/h8-9,11,14-15,17,24H,3-7,10,12-13,28H2,1-2H3,(H,29,32);1H/t14-,17?;/m0./s1. The number of aromatic nitrogens is 1. The fraction of sp³-hybridized carbons (Fsp3) is 0.560. The van der Waals surface area contributed by atoms with Crippen LogP contribution in [0.2, 0.25) is 0 Å². The number of oxazole rings is 1. The number of hydrogen-bond acceptors (Lipinski definition) is 8. The first-order valence-corrected chi connectivity index (χ1v) is 12.4. The smallest absolute Gasteiger partial charge is 0.409 e. The molecule has 210 valence electrons. The molecule has 2 aromatic rings. The first-order valence-electron chi connectivity index (χ1n) is 12.4. The Morgan fingerprint density at radius 1 is 1.24 bits per heavy atom. The van der Waals surface area contributed by atoms with Crippen LogP contribution in [0.4, 0.5) is 13.6 Å². The number of nitrogens with one attached hydrogen (secondary N) is 1. The molecule has 0 spiro atoms. The number of rotatable bonds is 10. The maximum absolute atomic E-state index is 13.1. The topological polar surface area (TPSA) is 129 Å². The van der Waals surface area contributed by atoms with Crippen molar-refractivity contribution in [3.05, 3.63) is 29.7 Å². The fourth-order valence-electron chi connectivity index (χ4n) is 4.23. The second kappa shape index (κ2) is 13.1. The van der Waals surface area contributed by atoms with Crippen molar-refractivity contribution in [3.8, 4) is 23.0 Å². The van der Waals surface area contributed by atoms with Gasteiger partial charge in [-0.25, -0.2) is 9.78 Å². The van der Waals surface area contributed by atoms with Gasteiger partial charge in [-0.05, 0) is 63.1 Å². The number of carbonyl (C=O) groups is 2. The summed E-state index contributed by atoms with van der Waals surface area (Å²) in [6.45, 7) is -0.187. The molecule has 2 amide bonds. The molecule has 10 nitrogen and oxygen atoms in total. The fourth-order valence-corrected chi connectivity index (χ4v) is 4.23. The van der Waals surface area contributed by atoms with Gasteiger partial charge in [-0.15, -0.1) is 12.4 Å². The first-order chi connectivity index (χ1) is 17.8. The van der Waals surface area contributed by atoms with E-state index in [1.807, 2.05) is 0 Å².